The summed E-state index contributed by atoms with van der Waals surface area (Å²) < 4.78 is 46.3. The van der Waals surface area contributed by atoms with Crippen LogP contribution >= 0.6 is 0 Å². The molecule has 0 bridgehead atoms. The average Bonchev–Trinajstić information content (AvgIpc) is 3.53. The number of halogens is 2. The van der Waals surface area contributed by atoms with Crippen LogP contribution in [-0.2, 0) is 13.2 Å². The van der Waals surface area contributed by atoms with Crippen LogP contribution in [0.5, 0.6) is 17.2 Å². The van der Waals surface area contributed by atoms with Crippen molar-refractivity contribution in [2.24, 2.45) is 0 Å². The summed E-state index contributed by atoms with van der Waals surface area (Å²) in [5, 5.41) is 0. The molecule has 174 valence electrons. The molecule has 0 saturated heterocycles. The second-order valence-electron chi connectivity index (χ2n) is 7.90. The predicted molar refractivity (Wildman–Crippen MR) is 117 cm³/mol. The molecule has 1 saturated carbocycles. The number of aryl methyl sites for hydroxylation is 1. The molecule has 1 aromatic heterocycles. The van der Waals surface area contributed by atoms with Crippen LogP contribution in [0.2, 0.25) is 0 Å². The Morgan fingerprint density at radius 1 is 1.09 bits per heavy atom. The van der Waals surface area contributed by atoms with E-state index in [0.717, 1.165) is 29.7 Å². The molecule has 1 aliphatic carbocycles. The minimum atomic E-state index is -2.95. The van der Waals surface area contributed by atoms with Crippen molar-refractivity contribution >= 4 is 5.91 Å². The minimum Gasteiger partial charge on any atom is -0.493 e. The Morgan fingerprint density at radius 2 is 1.85 bits per heavy atom. The molecule has 0 radical (unpaired) electrons. The first-order valence-electron chi connectivity index (χ1n) is 10.6. The number of carbonyl (C=O) groups is 1. The van der Waals surface area contributed by atoms with Crippen molar-refractivity contribution in [2.45, 2.75) is 45.6 Å². The van der Waals surface area contributed by atoms with E-state index in [4.69, 9.17) is 13.9 Å². The zero-order valence-corrected chi connectivity index (χ0v) is 18.4. The highest BCUT2D eigenvalue weighted by molar-refractivity contribution is 5.92. The van der Waals surface area contributed by atoms with Crippen LogP contribution in [0.4, 0.5) is 8.78 Å². The van der Waals surface area contributed by atoms with E-state index >= 15 is 0 Å². The van der Waals surface area contributed by atoms with Gasteiger partial charge in [0.15, 0.2) is 17.3 Å². The fourth-order valence-corrected chi connectivity index (χ4v) is 3.45. The third kappa shape index (κ3) is 5.83. The van der Waals surface area contributed by atoms with Gasteiger partial charge in [0.25, 0.3) is 5.91 Å². The van der Waals surface area contributed by atoms with E-state index in [1.54, 1.807) is 29.2 Å². The van der Waals surface area contributed by atoms with E-state index in [1.165, 1.54) is 13.2 Å². The van der Waals surface area contributed by atoms with Crippen LogP contribution in [-0.4, -0.2) is 30.6 Å². The summed E-state index contributed by atoms with van der Waals surface area (Å²) in [4.78, 5) is 14.9. The zero-order valence-electron chi connectivity index (χ0n) is 18.4. The average molecular weight is 457 g/mol. The highest BCUT2D eigenvalue weighted by Gasteiger charge is 2.34. The second kappa shape index (κ2) is 9.94. The van der Waals surface area contributed by atoms with Gasteiger partial charge in [-0.25, -0.2) is 0 Å². The van der Waals surface area contributed by atoms with Gasteiger partial charge in [0.05, 0.1) is 7.11 Å². The van der Waals surface area contributed by atoms with E-state index in [2.05, 4.69) is 4.74 Å². The molecule has 33 heavy (non-hydrogen) atoms. The van der Waals surface area contributed by atoms with Crippen molar-refractivity contribution in [3.63, 3.8) is 0 Å². The lowest BCUT2D eigenvalue weighted by Gasteiger charge is -2.22. The molecule has 0 spiro atoms. The molecule has 2 aromatic carbocycles. The molecule has 0 atom stereocenters. The number of furan rings is 1. The van der Waals surface area contributed by atoms with Crippen molar-refractivity contribution in [3.8, 4) is 17.2 Å². The Bertz CT molecular complexity index is 1090. The summed E-state index contributed by atoms with van der Waals surface area (Å²) in [6.45, 7) is -0.438. The van der Waals surface area contributed by atoms with E-state index in [0.29, 0.717) is 12.3 Å². The smallest absolute Gasteiger partial charge is 0.387 e. The second-order valence-corrected chi connectivity index (χ2v) is 7.90. The van der Waals surface area contributed by atoms with Crippen LogP contribution in [0.1, 0.15) is 40.3 Å². The zero-order chi connectivity index (χ0) is 23.4. The van der Waals surface area contributed by atoms with E-state index in [9.17, 15) is 13.6 Å². The summed E-state index contributed by atoms with van der Waals surface area (Å²) in [6, 6.07) is 15.8. The third-order valence-electron chi connectivity index (χ3n) is 5.32. The molecular weight excluding hydrogens is 432 g/mol. The molecule has 8 heteroatoms. The number of ether oxygens (including phenoxy) is 3. The van der Waals surface area contributed by atoms with Gasteiger partial charge in [0.1, 0.15) is 18.1 Å². The van der Waals surface area contributed by atoms with Crippen molar-refractivity contribution < 1.29 is 32.2 Å². The Morgan fingerprint density at radius 3 is 2.52 bits per heavy atom. The summed E-state index contributed by atoms with van der Waals surface area (Å²) in [5.41, 5.74) is 1.88. The number of hydrogen-bond acceptors (Lipinski definition) is 5. The normalized spacial score (nSPS) is 13.1. The van der Waals surface area contributed by atoms with Gasteiger partial charge in [-0.2, -0.15) is 8.78 Å². The van der Waals surface area contributed by atoms with Crippen molar-refractivity contribution in [1.82, 2.24) is 4.90 Å². The number of rotatable bonds is 10. The summed E-state index contributed by atoms with van der Waals surface area (Å²) in [7, 11) is 1.38. The van der Waals surface area contributed by atoms with Crippen molar-refractivity contribution in [1.29, 1.82) is 0 Å². The SMILES string of the molecule is COc1cc(CN(C(=O)c2ccc(COc3ccc(C)cc3)o2)C2CC2)ccc1OC(F)F. The molecule has 1 amide bonds. The molecule has 0 N–H and O–H groups in total. The first-order valence-corrected chi connectivity index (χ1v) is 10.6. The Kier molecular flexibility index (Phi) is 6.82. The molecule has 6 nitrogen and oxygen atoms in total. The van der Waals surface area contributed by atoms with E-state index in [-0.39, 0.29) is 35.8 Å². The number of nitrogens with zero attached hydrogens (tertiary/aromatic N) is 1. The summed E-state index contributed by atoms with van der Waals surface area (Å²) in [5.74, 6) is 1.40. The summed E-state index contributed by atoms with van der Waals surface area (Å²) >= 11 is 0. The lowest BCUT2D eigenvalue weighted by atomic mass is 10.1. The fourth-order valence-electron chi connectivity index (χ4n) is 3.45. The summed E-state index contributed by atoms with van der Waals surface area (Å²) in [6.07, 6.45) is 1.80. The quantitative estimate of drug-likeness (QED) is 0.398. The van der Waals surface area contributed by atoms with Gasteiger partial charge < -0.3 is 23.5 Å². The van der Waals surface area contributed by atoms with Gasteiger partial charge in [-0.1, -0.05) is 23.8 Å². The van der Waals surface area contributed by atoms with Crippen LogP contribution in [0, 0.1) is 6.92 Å². The van der Waals surface area contributed by atoms with E-state index < -0.39 is 6.61 Å². The Labute approximate surface area is 190 Å². The lowest BCUT2D eigenvalue weighted by molar-refractivity contribution is -0.0512. The molecule has 4 rings (SSSR count). The van der Waals surface area contributed by atoms with Gasteiger partial charge in [0.2, 0.25) is 0 Å². The number of methoxy groups -OCH3 is 1. The van der Waals surface area contributed by atoms with Crippen LogP contribution in [0.25, 0.3) is 0 Å². The number of benzene rings is 2. The van der Waals surface area contributed by atoms with Crippen LogP contribution < -0.4 is 14.2 Å². The first-order chi connectivity index (χ1) is 15.9. The lowest BCUT2D eigenvalue weighted by Crippen LogP contribution is -2.32. The van der Waals surface area contributed by atoms with Gasteiger partial charge in [0, 0.05) is 12.6 Å². The maximum atomic E-state index is 13.2. The monoisotopic (exact) mass is 457 g/mol. The maximum Gasteiger partial charge on any atom is 0.387 e. The predicted octanol–water partition coefficient (Wildman–Crippen LogP) is 5.58. The standard InChI is InChI=1S/C25H25F2NO5/c1-16-3-8-19(9-4-16)31-15-20-10-12-22(32-20)24(29)28(18-6-7-18)14-17-5-11-21(33-25(26)27)23(13-17)30-2/h3-5,8-13,18,25H,6-7,14-15H2,1-2H3. The van der Waals surface area contributed by atoms with Crippen molar-refractivity contribution in [2.75, 3.05) is 7.11 Å². The molecular formula is C25H25F2NO5. The number of amides is 1. The molecule has 1 fully saturated rings. The van der Waals surface area contributed by atoms with Gasteiger partial charge >= 0.3 is 6.61 Å². The van der Waals surface area contributed by atoms with Gasteiger partial charge in [-0.15, -0.1) is 0 Å². The van der Waals surface area contributed by atoms with Gasteiger partial charge in [-0.05, 0) is 61.7 Å². The van der Waals surface area contributed by atoms with Gasteiger partial charge in [-0.3, -0.25) is 4.79 Å². The van der Waals surface area contributed by atoms with E-state index in [1.807, 2.05) is 31.2 Å². The largest absolute Gasteiger partial charge is 0.493 e. The van der Waals surface area contributed by atoms with Crippen LogP contribution in [0.15, 0.2) is 59.0 Å². The highest BCUT2D eigenvalue weighted by atomic mass is 19.3. The molecule has 1 aliphatic rings. The number of carbonyl (C=O) groups excluding carboxylic acids is 1. The third-order valence-corrected chi connectivity index (χ3v) is 5.32. The molecule has 0 aliphatic heterocycles. The van der Waals surface area contributed by atoms with Crippen molar-refractivity contribution in [3.05, 3.63) is 77.2 Å². The Hall–Kier alpha value is -3.55. The number of alkyl halides is 2. The topological polar surface area (TPSA) is 61.1 Å². The molecule has 1 heterocycles. The maximum absolute atomic E-state index is 13.2. The van der Waals surface area contributed by atoms with Crippen LogP contribution in [0.3, 0.4) is 0 Å². The first kappa shape index (κ1) is 22.6. The molecule has 0 unspecified atom stereocenters. The Balaban J connectivity index is 1.43. The molecule has 3 aromatic rings. The minimum absolute atomic E-state index is 0.0511. The highest BCUT2D eigenvalue weighted by Crippen LogP contribution is 2.33. The number of hydrogen-bond donors (Lipinski definition) is 0. The fraction of sp³-hybridized carbons (Fsp3) is 0.320.